The second kappa shape index (κ2) is 6.73. The molecule has 1 fully saturated rings. The number of oxazole rings is 1. The van der Waals surface area contributed by atoms with E-state index in [1.54, 1.807) is 13.1 Å². The van der Waals surface area contributed by atoms with E-state index in [1.165, 1.54) is 21.0 Å². The Hall–Kier alpha value is -2.56. The van der Waals surface area contributed by atoms with E-state index in [-0.39, 0.29) is 17.0 Å². The maximum atomic E-state index is 13.4. The van der Waals surface area contributed by atoms with E-state index in [2.05, 4.69) is 9.97 Å². The van der Waals surface area contributed by atoms with Crippen LogP contribution in [0.5, 0.6) is 0 Å². The van der Waals surface area contributed by atoms with Gasteiger partial charge in [-0.3, -0.25) is 4.57 Å². The van der Waals surface area contributed by atoms with E-state index in [0.717, 1.165) is 11.3 Å². The number of hydrogen-bond acceptors (Lipinski definition) is 7. The number of aromatic nitrogens is 3. The van der Waals surface area contributed by atoms with E-state index in [9.17, 15) is 13.2 Å². The van der Waals surface area contributed by atoms with Gasteiger partial charge in [0.25, 0.3) is 0 Å². The molecule has 1 aromatic carbocycles. The summed E-state index contributed by atoms with van der Waals surface area (Å²) in [7, 11) is -2.22. The fourth-order valence-corrected chi connectivity index (χ4v) is 5.96. The highest BCUT2D eigenvalue weighted by atomic mass is 32.2. The first-order valence-corrected chi connectivity index (χ1v) is 11.3. The lowest BCUT2D eigenvalue weighted by atomic mass is 9.85. The molecule has 30 heavy (non-hydrogen) atoms. The number of rotatable bonds is 2. The van der Waals surface area contributed by atoms with E-state index in [4.69, 9.17) is 9.15 Å². The predicted molar refractivity (Wildman–Crippen MR) is 108 cm³/mol. The molecule has 158 valence electrons. The smallest absolute Gasteiger partial charge is 0.408 e. The molecule has 3 aromatic rings. The van der Waals surface area contributed by atoms with Crippen LogP contribution in [0, 0.1) is 6.92 Å². The minimum Gasteiger partial charge on any atom is -0.408 e. The monoisotopic (exact) mass is 430 g/mol. The Morgan fingerprint density at radius 3 is 2.93 bits per heavy atom. The number of piperidine rings is 1. The quantitative estimate of drug-likeness (QED) is 0.606. The number of sulfonamides is 1. The first kappa shape index (κ1) is 19.4. The van der Waals surface area contributed by atoms with Gasteiger partial charge >= 0.3 is 5.76 Å². The van der Waals surface area contributed by atoms with Gasteiger partial charge in [0.15, 0.2) is 5.58 Å². The van der Waals surface area contributed by atoms with Crippen molar-refractivity contribution < 1.29 is 17.6 Å². The van der Waals surface area contributed by atoms with Gasteiger partial charge in [0.05, 0.1) is 22.7 Å². The van der Waals surface area contributed by atoms with Crippen LogP contribution >= 0.6 is 0 Å². The third-order valence-corrected chi connectivity index (χ3v) is 7.83. The van der Waals surface area contributed by atoms with Gasteiger partial charge in [0.1, 0.15) is 11.4 Å². The van der Waals surface area contributed by atoms with Crippen LogP contribution in [0.1, 0.15) is 29.9 Å². The molecular weight excluding hydrogens is 408 g/mol. The molecule has 10 heteroatoms. The summed E-state index contributed by atoms with van der Waals surface area (Å²) in [5.41, 5.74) is 1.84. The molecule has 0 aliphatic carbocycles. The van der Waals surface area contributed by atoms with Crippen molar-refractivity contribution in [3.05, 3.63) is 52.0 Å². The van der Waals surface area contributed by atoms with Crippen molar-refractivity contribution in [2.45, 2.75) is 36.7 Å². The number of aryl methyl sites for hydroxylation is 2. The highest BCUT2D eigenvalue weighted by Crippen LogP contribution is 2.40. The largest absolute Gasteiger partial charge is 0.419 e. The molecule has 0 saturated carbocycles. The molecule has 1 saturated heterocycles. The fourth-order valence-electron chi connectivity index (χ4n) is 4.42. The number of ether oxygens (including phenoxy) is 1. The summed E-state index contributed by atoms with van der Waals surface area (Å²) in [6, 6.07) is 4.51. The first-order valence-electron chi connectivity index (χ1n) is 9.87. The molecule has 4 heterocycles. The zero-order chi connectivity index (χ0) is 21.1. The van der Waals surface area contributed by atoms with Crippen LogP contribution in [0.3, 0.4) is 0 Å². The molecular formula is C20H22N4O5S. The van der Waals surface area contributed by atoms with Crippen LogP contribution in [0.25, 0.3) is 11.1 Å². The summed E-state index contributed by atoms with van der Waals surface area (Å²) >= 11 is 0. The molecule has 2 aromatic heterocycles. The summed E-state index contributed by atoms with van der Waals surface area (Å²) in [6.07, 6.45) is 3.90. The van der Waals surface area contributed by atoms with E-state index in [1.807, 2.05) is 13.1 Å². The van der Waals surface area contributed by atoms with E-state index < -0.39 is 21.4 Å². The van der Waals surface area contributed by atoms with Crippen LogP contribution in [-0.4, -0.2) is 47.0 Å². The lowest BCUT2D eigenvalue weighted by Gasteiger charge is -2.44. The summed E-state index contributed by atoms with van der Waals surface area (Å²) in [6.45, 7) is 2.91. The molecule has 0 radical (unpaired) electrons. The van der Waals surface area contributed by atoms with Crippen LogP contribution in [0.15, 0.2) is 38.5 Å². The zero-order valence-corrected chi connectivity index (χ0v) is 17.6. The van der Waals surface area contributed by atoms with Crippen LogP contribution in [0.2, 0.25) is 0 Å². The normalized spacial score (nSPS) is 22.5. The topological polar surface area (TPSA) is 108 Å². The van der Waals surface area contributed by atoms with Gasteiger partial charge < -0.3 is 9.15 Å². The third-order valence-electron chi connectivity index (χ3n) is 5.99. The average molecular weight is 430 g/mol. The highest BCUT2D eigenvalue weighted by molar-refractivity contribution is 7.89. The molecule has 1 spiro atoms. The number of fused-ring (bicyclic) bond motifs is 3. The third kappa shape index (κ3) is 2.90. The fraction of sp³-hybridized carbons (Fsp3) is 0.450. The lowest BCUT2D eigenvalue weighted by molar-refractivity contribution is -0.0935. The van der Waals surface area contributed by atoms with Gasteiger partial charge in [0.2, 0.25) is 10.0 Å². The number of hydrogen-bond donors (Lipinski definition) is 0. The van der Waals surface area contributed by atoms with Crippen molar-refractivity contribution in [1.82, 2.24) is 18.8 Å². The molecule has 5 rings (SSSR count). The molecule has 0 unspecified atom stereocenters. The minimum atomic E-state index is -3.81. The second-order valence-corrected chi connectivity index (χ2v) is 9.82. The van der Waals surface area contributed by atoms with Gasteiger partial charge in [-0.15, -0.1) is 0 Å². The van der Waals surface area contributed by atoms with Crippen LogP contribution in [0.4, 0.5) is 0 Å². The maximum absolute atomic E-state index is 13.4. The zero-order valence-electron chi connectivity index (χ0n) is 16.8. The van der Waals surface area contributed by atoms with Gasteiger partial charge in [-0.25, -0.2) is 23.2 Å². The van der Waals surface area contributed by atoms with Crippen molar-refractivity contribution in [2.24, 2.45) is 7.05 Å². The first-order chi connectivity index (χ1) is 14.3. The SMILES string of the molecule is Cc1ncc2c(n1)[C@@]1(CCCN(S(=O)(=O)c3ccc4c(c3)oc(=O)n4C)C1)OCC2. The van der Waals surface area contributed by atoms with E-state index >= 15 is 0 Å². The van der Waals surface area contributed by atoms with Crippen molar-refractivity contribution in [3.63, 3.8) is 0 Å². The Morgan fingerprint density at radius 1 is 1.27 bits per heavy atom. The Labute approximate surface area is 173 Å². The van der Waals surface area contributed by atoms with Gasteiger partial charge in [0, 0.05) is 32.4 Å². The molecule has 0 N–H and O–H groups in total. The standard InChI is InChI=1S/C20H22N4O5S/c1-13-21-11-14-6-9-28-20(18(14)22-13)7-3-8-24(12-20)30(26,27)15-4-5-16-17(10-15)29-19(25)23(16)2/h4-5,10-11H,3,6-9,12H2,1-2H3/t20-/m0/s1. The van der Waals surface area contributed by atoms with Crippen LogP contribution in [-0.2, 0) is 33.8 Å². The molecule has 2 aliphatic heterocycles. The summed E-state index contributed by atoms with van der Waals surface area (Å²) in [5, 5.41) is 0. The summed E-state index contributed by atoms with van der Waals surface area (Å²) in [5.74, 6) is 0.113. The number of nitrogens with zero attached hydrogens (tertiary/aromatic N) is 4. The summed E-state index contributed by atoms with van der Waals surface area (Å²) in [4.78, 5) is 20.8. The maximum Gasteiger partial charge on any atom is 0.419 e. The average Bonchev–Trinajstić information content (AvgIpc) is 3.02. The van der Waals surface area contributed by atoms with Crippen molar-refractivity contribution in [1.29, 1.82) is 0 Å². The Morgan fingerprint density at radius 2 is 2.10 bits per heavy atom. The Balaban J connectivity index is 1.54. The lowest BCUT2D eigenvalue weighted by Crippen LogP contribution is -2.52. The van der Waals surface area contributed by atoms with Crippen LogP contribution < -0.4 is 5.76 Å². The second-order valence-electron chi connectivity index (χ2n) is 7.88. The number of benzene rings is 1. The predicted octanol–water partition coefficient (Wildman–Crippen LogP) is 1.48. The highest BCUT2D eigenvalue weighted by Gasteiger charge is 2.46. The minimum absolute atomic E-state index is 0.0938. The molecule has 0 bridgehead atoms. The van der Waals surface area contributed by atoms with Crippen molar-refractivity contribution in [2.75, 3.05) is 19.7 Å². The van der Waals surface area contributed by atoms with E-state index in [0.29, 0.717) is 43.8 Å². The van der Waals surface area contributed by atoms with Gasteiger partial charge in [-0.2, -0.15) is 4.31 Å². The van der Waals surface area contributed by atoms with Crippen molar-refractivity contribution in [3.8, 4) is 0 Å². The summed E-state index contributed by atoms with van der Waals surface area (Å²) < 4.78 is 41.0. The van der Waals surface area contributed by atoms with Gasteiger partial charge in [-0.05, 0) is 43.9 Å². The molecule has 2 aliphatic rings. The molecule has 1 atom stereocenters. The molecule has 9 nitrogen and oxygen atoms in total. The Bertz CT molecular complexity index is 1310. The van der Waals surface area contributed by atoms with Crippen molar-refractivity contribution >= 4 is 21.1 Å². The van der Waals surface area contributed by atoms with Gasteiger partial charge in [-0.1, -0.05) is 0 Å². The Kier molecular flexibility index (Phi) is 4.35. The molecule has 0 amide bonds.